The van der Waals surface area contributed by atoms with Crippen molar-refractivity contribution in [1.29, 1.82) is 0 Å². The van der Waals surface area contributed by atoms with Crippen molar-refractivity contribution in [2.75, 3.05) is 0 Å². The van der Waals surface area contributed by atoms with Gasteiger partial charge in [0.1, 0.15) is 0 Å². The lowest BCUT2D eigenvalue weighted by Crippen LogP contribution is -1.94. The number of carbonyl (C=O) groups is 1. The Morgan fingerprint density at radius 3 is 2.14 bits per heavy atom. The maximum absolute atomic E-state index is 11.4. The van der Waals surface area contributed by atoms with E-state index in [0.29, 0.717) is 0 Å². The van der Waals surface area contributed by atoms with E-state index >= 15 is 0 Å². The zero-order valence-corrected chi connectivity index (χ0v) is 9.78. The fraction of sp³-hybridized carbons (Fsp3) is 0. The molecule has 0 aliphatic carbocycles. The molecule has 0 saturated carbocycles. The molecule has 0 spiro atoms. The number of hydrogen-bond donors (Lipinski definition) is 2. The number of hydrogen-bond acceptors (Lipinski definition) is 3. The van der Waals surface area contributed by atoms with Crippen LogP contribution in [0.15, 0.2) is 18.2 Å². The average Bonchev–Trinajstić information content (AvgIpc) is 2.07. The molecular formula is C7H5Cl3O3P. The highest BCUT2D eigenvalue weighted by molar-refractivity contribution is 8.41. The molecule has 0 aromatic heterocycles. The zero-order valence-electron chi connectivity index (χ0n) is 6.62. The minimum atomic E-state index is -3.18. The quantitative estimate of drug-likeness (QED) is 0.638. The van der Waals surface area contributed by atoms with E-state index in [-0.39, 0.29) is 11.3 Å². The molecule has 77 valence electrons. The molecule has 2 N–H and O–H groups in total. The van der Waals surface area contributed by atoms with E-state index in [0.717, 1.165) is 12.1 Å². The third-order valence-corrected chi connectivity index (χ3v) is 3.55. The van der Waals surface area contributed by atoms with Crippen molar-refractivity contribution in [2.24, 2.45) is 0 Å². The summed E-state index contributed by atoms with van der Waals surface area (Å²) in [6.07, 6.45) is 0. The SMILES string of the molecule is O=C(c1ccc(O)c(O)c1)[P](Cl)(Cl)Cl. The van der Waals surface area contributed by atoms with Gasteiger partial charge in [0.2, 0.25) is 5.52 Å². The van der Waals surface area contributed by atoms with Gasteiger partial charge >= 0.3 is 0 Å². The van der Waals surface area contributed by atoms with Gasteiger partial charge in [-0.3, -0.25) is 4.79 Å². The van der Waals surface area contributed by atoms with Gasteiger partial charge in [0.15, 0.2) is 16.8 Å². The summed E-state index contributed by atoms with van der Waals surface area (Å²) in [6, 6.07) is 3.49. The van der Waals surface area contributed by atoms with E-state index in [4.69, 9.17) is 43.9 Å². The van der Waals surface area contributed by atoms with Crippen molar-refractivity contribution in [2.45, 2.75) is 0 Å². The van der Waals surface area contributed by atoms with Crippen molar-refractivity contribution in [3.05, 3.63) is 23.8 Å². The monoisotopic (exact) mass is 273 g/mol. The average molecular weight is 274 g/mol. The Morgan fingerprint density at radius 1 is 1.14 bits per heavy atom. The number of halogens is 3. The molecule has 1 aromatic rings. The first-order valence-corrected chi connectivity index (χ1v) is 7.87. The molecule has 1 radical (unpaired) electrons. The van der Waals surface area contributed by atoms with Gasteiger partial charge in [-0.2, -0.15) is 0 Å². The van der Waals surface area contributed by atoms with Crippen LogP contribution in [0.1, 0.15) is 10.4 Å². The Bertz CT molecular complexity index is 375. The second kappa shape index (κ2) is 4.11. The minimum absolute atomic E-state index is 0.0635. The Labute approximate surface area is 94.9 Å². The smallest absolute Gasteiger partial charge is 0.223 e. The molecule has 0 aliphatic rings. The van der Waals surface area contributed by atoms with E-state index < -0.39 is 16.6 Å². The van der Waals surface area contributed by atoms with Gasteiger partial charge in [0.25, 0.3) is 0 Å². The molecule has 0 amide bonds. The fourth-order valence-corrected chi connectivity index (χ4v) is 2.11. The van der Waals surface area contributed by atoms with E-state index in [2.05, 4.69) is 0 Å². The van der Waals surface area contributed by atoms with Gasteiger partial charge in [-0.25, -0.2) is 0 Å². The highest BCUT2D eigenvalue weighted by atomic mass is 36.1. The molecule has 1 rings (SSSR count). The molecule has 14 heavy (non-hydrogen) atoms. The van der Waals surface area contributed by atoms with Gasteiger partial charge in [-0.1, -0.05) is 33.7 Å². The van der Waals surface area contributed by atoms with Crippen LogP contribution in [-0.2, 0) is 0 Å². The van der Waals surface area contributed by atoms with Crippen LogP contribution in [-0.4, -0.2) is 15.7 Å². The zero-order chi connectivity index (χ0) is 10.9. The molecule has 0 heterocycles. The van der Waals surface area contributed by atoms with Crippen LogP contribution in [0, 0.1) is 0 Å². The summed E-state index contributed by atoms with van der Waals surface area (Å²) in [5.74, 6) is -0.751. The summed E-state index contributed by atoms with van der Waals surface area (Å²) < 4.78 is 0. The second-order valence-electron chi connectivity index (χ2n) is 2.45. The lowest BCUT2D eigenvalue weighted by molar-refractivity contribution is 0.108. The van der Waals surface area contributed by atoms with Crippen LogP contribution >= 0.6 is 39.0 Å². The lowest BCUT2D eigenvalue weighted by Gasteiger charge is -2.10. The van der Waals surface area contributed by atoms with E-state index in [1.165, 1.54) is 6.07 Å². The fourth-order valence-electron chi connectivity index (χ4n) is 0.803. The first-order chi connectivity index (χ1) is 6.32. The first kappa shape index (κ1) is 11.9. The molecule has 0 aliphatic heterocycles. The van der Waals surface area contributed by atoms with Crippen LogP contribution in [0.3, 0.4) is 0 Å². The standard InChI is InChI=1S/C7H5Cl3O3P/c8-14(9,10)7(13)4-1-2-5(11)6(12)3-4/h1-3,11-12H. The molecular weight excluding hydrogens is 269 g/mol. The van der Waals surface area contributed by atoms with Crippen LogP contribution in [0.5, 0.6) is 11.5 Å². The molecule has 0 bridgehead atoms. The number of aromatic hydroxyl groups is 2. The van der Waals surface area contributed by atoms with Crippen molar-refractivity contribution >= 4 is 44.6 Å². The van der Waals surface area contributed by atoms with E-state index in [9.17, 15) is 4.79 Å². The predicted molar refractivity (Wildman–Crippen MR) is 58.6 cm³/mol. The molecule has 3 nitrogen and oxygen atoms in total. The number of phenols is 2. The first-order valence-electron chi connectivity index (χ1n) is 3.37. The van der Waals surface area contributed by atoms with Crippen molar-refractivity contribution in [3.8, 4) is 11.5 Å². The van der Waals surface area contributed by atoms with Crippen LogP contribution in [0.25, 0.3) is 0 Å². The highest BCUT2D eigenvalue weighted by Crippen LogP contribution is 2.75. The molecule has 7 heteroatoms. The van der Waals surface area contributed by atoms with E-state index in [1.807, 2.05) is 0 Å². The molecule has 0 saturated heterocycles. The van der Waals surface area contributed by atoms with Crippen molar-refractivity contribution in [3.63, 3.8) is 0 Å². The Morgan fingerprint density at radius 2 is 1.71 bits per heavy atom. The number of phenolic OH excluding ortho intramolecular Hbond substituents is 2. The largest absolute Gasteiger partial charge is 0.504 e. The second-order valence-corrected chi connectivity index (χ2v) is 9.87. The summed E-state index contributed by atoms with van der Waals surface area (Å²) in [7, 11) is 0. The van der Waals surface area contributed by atoms with Gasteiger partial charge in [0.05, 0.1) is 0 Å². The van der Waals surface area contributed by atoms with Gasteiger partial charge in [0, 0.05) is 5.56 Å². The number of carbonyl (C=O) groups excluding carboxylic acids is 1. The van der Waals surface area contributed by atoms with Crippen molar-refractivity contribution < 1.29 is 15.0 Å². The predicted octanol–water partition coefficient (Wildman–Crippen LogP) is 3.72. The maximum atomic E-state index is 11.4. The number of benzene rings is 1. The normalized spacial score (nSPS) is 11.4. The summed E-state index contributed by atoms with van der Waals surface area (Å²) in [4.78, 5) is 11.4. The highest BCUT2D eigenvalue weighted by Gasteiger charge is 2.30. The molecule has 0 unspecified atom stereocenters. The summed E-state index contributed by atoms with van der Waals surface area (Å²) in [6.45, 7) is 0. The minimum Gasteiger partial charge on any atom is -0.504 e. The Hall–Kier alpha value is -0.210. The van der Waals surface area contributed by atoms with Crippen LogP contribution in [0.4, 0.5) is 0 Å². The van der Waals surface area contributed by atoms with Crippen molar-refractivity contribution in [1.82, 2.24) is 0 Å². The van der Waals surface area contributed by atoms with Crippen LogP contribution in [0.2, 0.25) is 0 Å². The van der Waals surface area contributed by atoms with Gasteiger partial charge in [-0.05, 0) is 18.2 Å². The van der Waals surface area contributed by atoms with Gasteiger partial charge in [-0.15, -0.1) is 0 Å². The molecule has 0 fully saturated rings. The summed E-state index contributed by atoms with van der Waals surface area (Å²) in [5.41, 5.74) is -0.591. The summed E-state index contributed by atoms with van der Waals surface area (Å²) >= 11 is 16.4. The maximum Gasteiger partial charge on any atom is 0.223 e. The lowest BCUT2D eigenvalue weighted by atomic mass is 10.2. The van der Waals surface area contributed by atoms with Gasteiger partial charge < -0.3 is 10.2 Å². The topological polar surface area (TPSA) is 57.5 Å². The Balaban J connectivity index is 3.10. The third kappa shape index (κ3) is 2.64. The number of rotatable bonds is 2. The Kier molecular flexibility index (Phi) is 3.49. The third-order valence-electron chi connectivity index (χ3n) is 1.45. The van der Waals surface area contributed by atoms with Crippen LogP contribution < -0.4 is 0 Å². The molecule has 1 aromatic carbocycles. The van der Waals surface area contributed by atoms with E-state index in [1.54, 1.807) is 0 Å². The molecule has 0 atom stereocenters. The summed E-state index contributed by atoms with van der Waals surface area (Å²) in [5, 5.41) is 14.9.